The first kappa shape index (κ1) is 31.7. The van der Waals surface area contributed by atoms with Crippen LogP contribution in [-0.4, -0.2) is 22.9 Å². The van der Waals surface area contributed by atoms with E-state index >= 15 is 0 Å². The molecule has 2 aliphatic heterocycles. The van der Waals surface area contributed by atoms with E-state index in [0.29, 0.717) is 0 Å². The normalized spacial score (nSPS) is 13.4. The van der Waals surface area contributed by atoms with Gasteiger partial charge in [-0.2, -0.15) is 66.4 Å². The quantitative estimate of drug-likeness (QED) is 0.164. The van der Waals surface area contributed by atoms with Crippen LogP contribution in [0.1, 0.15) is 11.1 Å². The van der Waals surface area contributed by atoms with Crippen LogP contribution in [0, 0.1) is 32.4 Å². The van der Waals surface area contributed by atoms with E-state index < -0.39 is 0 Å². The number of hydrazone groups is 1. The van der Waals surface area contributed by atoms with Crippen molar-refractivity contribution in [3.8, 4) is 11.4 Å². The predicted octanol–water partition coefficient (Wildman–Crippen LogP) is 8.25. The summed E-state index contributed by atoms with van der Waals surface area (Å²) in [4.78, 5) is 15.5. The summed E-state index contributed by atoms with van der Waals surface area (Å²) >= 11 is 0. The summed E-state index contributed by atoms with van der Waals surface area (Å²) in [5.41, 5.74) is 7.25. The molecule has 7 nitrogen and oxygen atoms in total. The Kier molecular flexibility index (Phi) is 9.72. The maximum absolute atomic E-state index is 4.78. The Hall–Kier alpha value is -5.30. The summed E-state index contributed by atoms with van der Waals surface area (Å²) < 4.78 is 0. The van der Waals surface area contributed by atoms with Crippen LogP contribution in [0.4, 0.5) is 28.6 Å². The number of aromatic nitrogens is 2. The zero-order valence-electron chi connectivity index (χ0n) is 25.9. The number of aryl methyl sites for hydroxylation is 1. The van der Waals surface area contributed by atoms with E-state index in [9.17, 15) is 0 Å². The molecule has 0 amide bonds. The third-order valence-corrected chi connectivity index (χ3v) is 7.63. The Morgan fingerprint density at radius 2 is 1.30 bits per heavy atom. The average Bonchev–Trinajstić information content (AvgIpc) is 3.72. The molecule has 0 N–H and O–H groups in total. The molecule has 0 unspecified atom stereocenters. The molecule has 5 aromatic carbocycles. The maximum Gasteiger partial charge on any atom is 0.161 e. The molecule has 8 rings (SSSR count). The van der Waals surface area contributed by atoms with Gasteiger partial charge in [0.2, 0.25) is 0 Å². The average molecular weight is 790 g/mol. The minimum Gasteiger partial charge on any atom is -0.491 e. The Morgan fingerprint density at radius 1 is 0.660 bits per heavy atom. The number of para-hydroxylation sites is 3. The molecule has 8 heteroatoms. The second-order valence-corrected chi connectivity index (χ2v) is 10.8. The summed E-state index contributed by atoms with van der Waals surface area (Å²) in [6.45, 7) is 6.07. The first-order valence-electron chi connectivity index (χ1n) is 15.0. The third-order valence-electron chi connectivity index (χ3n) is 7.63. The summed E-state index contributed by atoms with van der Waals surface area (Å²) in [6.07, 6.45) is 1.88. The van der Waals surface area contributed by atoms with Gasteiger partial charge < -0.3 is 19.7 Å². The van der Waals surface area contributed by atoms with E-state index in [-0.39, 0.29) is 20.1 Å². The molecule has 0 saturated heterocycles. The Labute approximate surface area is 289 Å². The molecular formula is C39H31IrN7-4. The van der Waals surface area contributed by atoms with Crippen LogP contribution >= 0.6 is 0 Å². The number of fused-ring (bicyclic) bond motifs is 1. The van der Waals surface area contributed by atoms with Gasteiger partial charge in [0.05, 0.1) is 11.9 Å². The second-order valence-electron chi connectivity index (χ2n) is 10.8. The minimum atomic E-state index is 0. The molecule has 0 atom stereocenters. The van der Waals surface area contributed by atoms with Crippen molar-refractivity contribution < 1.29 is 20.1 Å². The van der Waals surface area contributed by atoms with E-state index in [1.165, 1.54) is 5.56 Å². The molecule has 1 radical (unpaired) electrons. The fourth-order valence-electron chi connectivity index (χ4n) is 5.31. The van der Waals surface area contributed by atoms with E-state index in [2.05, 4.69) is 70.2 Å². The number of rotatable bonds is 5. The van der Waals surface area contributed by atoms with Crippen LogP contribution in [0.25, 0.3) is 11.4 Å². The Bertz CT molecular complexity index is 1940. The summed E-state index contributed by atoms with van der Waals surface area (Å²) in [5.74, 6) is 2.55. The molecule has 0 aliphatic carbocycles. The number of anilines is 5. The monoisotopic (exact) mass is 790 g/mol. The van der Waals surface area contributed by atoms with E-state index in [4.69, 9.17) is 10.1 Å². The number of nitrogens with zero attached hydrogens (tertiary/aromatic N) is 7. The van der Waals surface area contributed by atoms with Crippen molar-refractivity contribution in [2.45, 2.75) is 6.92 Å². The molecule has 0 fully saturated rings. The van der Waals surface area contributed by atoms with Gasteiger partial charge in [-0.25, -0.2) is 9.97 Å². The fraction of sp³-hybridized carbons (Fsp3) is 0.0513. The van der Waals surface area contributed by atoms with Crippen molar-refractivity contribution in [3.05, 3.63) is 176 Å². The zero-order chi connectivity index (χ0) is 31.3. The van der Waals surface area contributed by atoms with Gasteiger partial charge in [0, 0.05) is 36.9 Å². The van der Waals surface area contributed by atoms with Crippen LogP contribution in [0.3, 0.4) is 0 Å². The zero-order valence-corrected chi connectivity index (χ0v) is 28.3. The summed E-state index contributed by atoms with van der Waals surface area (Å²) in [7, 11) is 2.00. The van der Waals surface area contributed by atoms with Crippen LogP contribution in [0.15, 0.2) is 145 Å². The van der Waals surface area contributed by atoms with Gasteiger partial charge in [0.1, 0.15) is 11.7 Å². The van der Waals surface area contributed by atoms with Gasteiger partial charge in [-0.15, -0.1) is 18.4 Å². The van der Waals surface area contributed by atoms with Gasteiger partial charge in [-0.3, -0.25) is 0 Å². The largest absolute Gasteiger partial charge is 0.491 e. The molecule has 0 spiro atoms. The molecule has 3 heterocycles. The van der Waals surface area contributed by atoms with Crippen molar-refractivity contribution in [2.24, 2.45) is 5.10 Å². The SMILES string of the molecule is Cc1ccccc1-c1ncc2c(n1)N(C)[CH-]N2c1[c-]cccc1.[Ir].[c-]1ccccc1N1[CH-]N(c2ccccc2)C(c2ccccc2)=N1. The molecule has 47 heavy (non-hydrogen) atoms. The number of amidine groups is 1. The van der Waals surface area contributed by atoms with Gasteiger partial charge in [0.15, 0.2) is 5.82 Å². The molecule has 0 bridgehead atoms. The first-order valence-corrected chi connectivity index (χ1v) is 15.0. The standard InChI is InChI=1S/C20H15N3.C19H16N4.Ir/c1-4-10-17(11-5-1)20-21-23(19-14-8-3-9-15-19)16-22(20)18-12-6-2-7-13-18;1-14-8-6-7-11-16(14)18-20-12-17-19(21-18)22(2)13-23(17)15-9-4-3-5-10-15;/h1-14,16H;3-9,11-13H,1-2H3;/q2*-2;. The van der Waals surface area contributed by atoms with E-state index in [1.807, 2.05) is 134 Å². The van der Waals surface area contributed by atoms with Crippen molar-refractivity contribution in [2.75, 3.05) is 26.8 Å². The third kappa shape index (κ3) is 6.80. The number of hydrogen-bond acceptors (Lipinski definition) is 7. The van der Waals surface area contributed by atoms with Gasteiger partial charge in [-0.05, 0) is 31.7 Å². The molecule has 1 aromatic heterocycles. The summed E-state index contributed by atoms with van der Waals surface area (Å²) in [5, 5.41) is 6.63. The second kappa shape index (κ2) is 14.4. The fourth-order valence-corrected chi connectivity index (χ4v) is 5.31. The molecule has 6 aromatic rings. The van der Waals surface area contributed by atoms with Crippen LogP contribution < -0.4 is 19.7 Å². The number of hydrogen-bond donors (Lipinski definition) is 0. The Balaban J connectivity index is 0.000000161. The molecule has 235 valence electrons. The Morgan fingerprint density at radius 3 is 1.98 bits per heavy atom. The number of benzene rings is 5. The van der Waals surface area contributed by atoms with Crippen molar-refractivity contribution in [1.82, 2.24) is 9.97 Å². The van der Waals surface area contributed by atoms with Crippen LogP contribution in [0.2, 0.25) is 0 Å². The van der Waals surface area contributed by atoms with E-state index in [0.717, 1.165) is 51.4 Å². The molecule has 2 aliphatic rings. The maximum atomic E-state index is 4.78. The summed E-state index contributed by atoms with van der Waals surface area (Å²) in [6, 6.07) is 50.8. The van der Waals surface area contributed by atoms with Gasteiger partial charge >= 0.3 is 0 Å². The smallest absolute Gasteiger partial charge is 0.161 e. The minimum absolute atomic E-state index is 0. The van der Waals surface area contributed by atoms with E-state index in [1.54, 1.807) is 0 Å². The van der Waals surface area contributed by atoms with Crippen molar-refractivity contribution in [3.63, 3.8) is 0 Å². The topological polar surface area (TPSA) is 51.1 Å². The molecule has 0 saturated carbocycles. The molecular weight excluding hydrogens is 759 g/mol. The first-order chi connectivity index (χ1) is 22.7. The predicted molar refractivity (Wildman–Crippen MR) is 186 cm³/mol. The van der Waals surface area contributed by atoms with Crippen LogP contribution in [-0.2, 0) is 20.1 Å². The van der Waals surface area contributed by atoms with Gasteiger partial charge in [-0.1, -0.05) is 78.5 Å². The van der Waals surface area contributed by atoms with Crippen LogP contribution in [0.5, 0.6) is 0 Å². The van der Waals surface area contributed by atoms with Crippen molar-refractivity contribution >= 4 is 34.4 Å². The van der Waals surface area contributed by atoms with Crippen molar-refractivity contribution in [1.29, 1.82) is 0 Å². The van der Waals surface area contributed by atoms with Gasteiger partial charge in [0.25, 0.3) is 0 Å².